The summed E-state index contributed by atoms with van der Waals surface area (Å²) >= 11 is 0. The highest BCUT2D eigenvalue weighted by Gasteiger charge is 2.18. The number of aryl methyl sites for hydroxylation is 1. The number of nitrogens with one attached hydrogen (secondary N) is 1. The van der Waals surface area contributed by atoms with Gasteiger partial charge in [-0.05, 0) is 13.0 Å². The van der Waals surface area contributed by atoms with Crippen molar-refractivity contribution in [1.29, 1.82) is 0 Å². The minimum Gasteiger partial charge on any atom is -0.273 e. The molecule has 1 aliphatic rings. The third-order valence-electron chi connectivity index (χ3n) is 2.85. The lowest BCUT2D eigenvalue weighted by atomic mass is 10.1. The Kier molecular flexibility index (Phi) is 2.79. The van der Waals surface area contributed by atoms with Crippen LogP contribution in [0.5, 0.6) is 0 Å². The fourth-order valence-corrected chi connectivity index (χ4v) is 1.98. The molecule has 0 aliphatic carbocycles. The zero-order valence-corrected chi connectivity index (χ0v) is 10.4. The normalized spacial score (nSPS) is 14.2. The first kappa shape index (κ1) is 11.5. The number of hydrogen-bond donors (Lipinski definition) is 1. The van der Waals surface area contributed by atoms with Crippen LogP contribution in [-0.4, -0.2) is 21.6 Å². The van der Waals surface area contributed by atoms with Gasteiger partial charge in [0.15, 0.2) is 0 Å². The summed E-state index contributed by atoms with van der Waals surface area (Å²) in [7, 11) is 0. The van der Waals surface area contributed by atoms with Crippen molar-refractivity contribution in [3.05, 3.63) is 47.9 Å². The highest BCUT2D eigenvalue weighted by Crippen LogP contribution is 2.18. The molecule has 0 radical (unpaired) electrons. The van der Waals surface area contributed by atoms with Gasteiger partial charge >= 0.3 is 0 Å². The monoisotopic (exact) mass is 252 g/mol. The van der Waals surface area contributed by atoms with Crippen molar-refractivity contribution >= 4 is 11.6 Å². The molecule has 0 spiro atoms. The molecule has 0 saturated heterocycles. The van der Waals surface area contributed by atoms with Gasteiger partial charge < -0.3 is 0 Å². The SMILES string of the molecule is Cc1nc(C2=NNC(=O)C2)cc(-c2ccccc2)n1. The maximum Gasteiger partial charge on any atom is 0.246 e. The van der Waals surface area contributed by atoms with Crippen LogP contribution in [0.1, 0.15) is 17.9 Å². The van der Waals surface area contributed by atoms with Crippen LogP contribution < -0.4 is 5.43 Å². The lowest BCUT2D eigenvalue weighted by Crippen LogP contribution is -2.10. The molecule has 5 nitrogen and oxygen atoms in total. The van der Waals surface area contributed by atoms with Gasteiger partial charge in [0.25, 0.3) is 0 Å². The van der Waals surface area contributed by atoms with E-state index in [1.54, 1.807) is 0 Å². The molecule has 0 fully saturated rings. The third-order valence-corrected chi connectivity index (χ3v) is 2.85. The molecule has 94 valence electrons. The quantitative estimate of drug-likeness (QED) is 0.884. The van der Waals surface area contributed by atoms with Crippen LogP contribution in [0, 0.1) is 6.92 Å². The van der Waals surface area contributed by atoms with Crippen LogP contribution in [0.4, 0.5) is 0 Å². The lowest BCUT2D eigenvalue weighted by Gasteiger charge is -2.05. The number of nitrogens with zero attached hydrogens (tertiary/aromatic N) is 3. The molecule has 0 atom stereocenters. The van der Waals surface area contributed by atoms with Crippen molar-refractivity contribution in [3.8, 4) is 11.3 Å². The minimum absolute atomic E-state index is 0.104. The van der Waals surface area contributed by atoms with Crippen LogP contribution in [-0.2, 0) is 4.79 Å². The molecule has 19 heavy (non-hydrogen) atoms. The Morgan fingerprint density at radius 2 is 1.84 bits per heavy atom. The summed E-state index contributed by atoms with van der Waals surface area (Å²) in [5, 5.41) is 3.99. The predicted octanol–water partition coefficient (Wildman–Crippen LogP) is 1.68. The molecule has 1 N–H and O–H groups in total. The number of benzene rings is 1. The molecule has 5 heteroatoms. The summed E-state index contributed by atoms with van der Waals surface area (Å²) in [6.45, 7) is 1.83. The second kappa shape index (κ2) is 4.61. The van der Waals surface area contributed by atoms with E-state index >= 15 is 0 Å². The van der Waals surface area contributed by atoms with E-state index in [1.165, 1.54) is 0 Å². The Bertz CT molecular complexity index is 664. The topological polar surface area (TPSA) is 67.2 Å². The van der Waals surface area contributed by atoms with E-state index in [9.17, 15) is 4.79 Å². The van der Waals surface area contributed by atoms with Gasteiger partial charge in [-0.3, -0.25) is 4.79 Å². The van der Waals surface area contributed by atoms with E-state index in [-0.39, 0.29) is 12.3 Å². The summed E-state index contributed by atoms with van der Waals surface area (Å²) in [4.78, 5) is 20.0. The summed E-state index contributed by atoms with van der Waals surface area (Å²) in [6, 6.07) is 11.7. The van der Waals surface area contributed by atoms with Crippen LogP contribution in [0.25, 0.3) is 11.3 Å². The highest BCUT2D eigenvalue weighted by molar-refractivity contribution is 6.12. The molecular formula is C14H12N4O. The van der Waals surface area contributed by atoms with E-state index in [4.69, 9.17) is 0 Å². The molecule has 1 aromatic heterocycles. The Balaban J connectivity index is 2.04. The second-order valence-electron chi connectivity index (χ2n) is 4.32. The summed E-state index contributed by atoms with van der Waals surface area (Å²) < 4.78 is 0. The Labute approximate surface area is 110 Å². The molecule has 1 aromatic carbocycles. The fourth-order valence-electron chi connectivity index (χ4n) is 1.98. The second-order valence-corrected chi connectivity index (χ2v) is 4.32. The molecule has 0 bridgehead atoms. The van der Waals surface area contributed by atoms with Crippen molar-refractivity contribution < 1.29 is 4.79 Å². The first-order valence-electron chi connectivity index (χ1n) is 5.99. The smallest absolute Gasteiger partial charge is 0.246 e. The van der Waals surface area contributed by atoms with Crippen molar-refractivity contribution in [2.24, 2.45) is 5.10 Å². The highest BCUT2D eigenvalue weighted by atomic mass is 16.2. The van der Waals surface area contributed by atoms with Gasteiger partial charge in [-0.2, -0.15) is 5.10 Å². The van der Waals surface area contributed by atoms with Crippen LogP contribution in [0.3, 0.4) is 0 Å². The molecule has 0 saturated carbocycles. The van der Waals surface area contributed by atoms with Crippen molar-refractivity contribution in [2.45, 2.75) is 13.3 Å². The van der Waals surface area contributed by atoms with Crippen LogP contribution in [0.15, 0.2) is 41.5 Å². The van der Waals surface area contributed by atoms with Crippen molar-refractivity contribution in [1.82, 2.24) is 15.4 Å². The molecular weight excluding hydrogens is 240 g/mol. The van der Waals surface area contributed by atoms with E-state index in [0.717, 1.165) is 11.3 Å². The Hall–Kier alpha value is -2.56. The van der Waals surface area contributed by atoms with E-state index in [0.29, 0.717) is 17.2 Å². The molecule has 0 unspecified atom stereocenters. The number of aromatic nitrogens is 2. The number of carbonyl (C=O) groups is 1. The summed E-state index contributed by atoms with van der Waals surface area (Å²) in [6.07, 6.45) is 0.269. The average Bonchev–Trinajstić information content (AvgIpc) is 2.86. The number of hydrogen-bond acceptors (Lipinski definition) is 4. The Morgan fingerprint density at radius 1 is 1.11 bits per heavy atom. The zero-order valence-electron chi connectivity index (χ0n) is 10.4. The van der Waals surface area contributed by atoms with Gasteiger partial charge in [-0.15, -0.1) is 0 Å². The standard InChI is InChI=1S/C14H12N4O/c1-9-15-11(10-5-3-2-4-6-10)7-12(16-9)13-8-14(19)18-17-13/h2-7H,8H2,1H3,(H,18,19). The fraction of sp³-hybridized carbons (Fsp3) is 0.143. The van der Waals surface area contributed by atoms with Crippen molar-refractivity contribution in [2.75, 3.05) is 0 Å². The largest absolute Gasteiger partial charge is 0.273 e. The van der Waals surface area contributed by atoms with Crippen LogP contribution >= 0.6 is 0 Å². The molecule has 1 amide bonds. The summed E-state index contributed by atoms with van der Waals surface area (Å²) in [5.41, 5.74) is 5.65. The number of carbonyl (C=O) groups excluding carboxylic acids is 1. The zero-order chi connectivity index (χ0) is 13.2. The number of hydrazone groups is 1. The van der Waals surface area contributed by atoms with Gasteiger partial charge in [0.05, 0.1) is 23.5 Å². The third kappa shape index (κ3) is 2.35. The number of rotatable bonds is 2. The Morgan fingerprint density at radius 3 is 2.53 bits per heavy atom. The summed E-state index contributed by atoms with van der Waals surface area (Å²) in [5.74, 6) is 0.561. The lowest BCUT2D eigenvalue weighted by molar-refractivity contribution is -0.119. The van der Waals surface area contributed by atoms with E-state index in [2.05, 4.69) is 20.5 Å². The van der Waals surface area contributed by atoms with E-state index < -0.39 is 0 Å². The van der Waals surface area contributed by atoms with Gasteiger partial charge in [-0.1, -0.05) is 30.3 Å². The van der Waals surface area contributed by atoms with Gasteiger partial charge in [-0.25, -0.2) is 15.4 Å². The van der Waals surface area contributed by atoms with Gasteiger partial charge in [0.2, 0.25) is 5.91 Å². The average molecular weight is 252 g/mol. The maximum atomic E-state index is 11.2. The van der Waals surface area contributed by atoms with E-state index in [1.807, 2.05) is 43.3 Å². The first-order valence-corrected chi connectivity index (χ1v) is 5.99. The van der Waals surface area contributed by atoms with Gasteiger partial charge in [0, 0.05) is 5.56 Å². The minimum atomic E-state index is -0.104. The predicted molar refractivity (Wildman–Crippen MR) is 71.5 cm³/mol. The van der Waals surface area contributed by atoms with Crippen molar-refractivity contribution in [3.63, 3.8) is 0 Å². The molecule has 2 aromatic rings. The van der Waals surface area contributed by atoms with Crippen LogP contribution in [0.2, 0.25) is 0 Å². The van der Waals surface area contributed by atoms with Gasteiger partial charge in [0.1, 0.15) is 5.82 Å². The molecule has 1 aliphatic heterocycles. The maximum absolute atomic E-state index is 11.2. The first-order chi connectivity index (χ1) is 9.22. The molecule has 2 heterocycles. The molecule has 3 rings (SSSR count). The number of amides is 1.